The highest BCUT2D eigenvalue weighted by Crippen LogP contribution is 2.00. The summed E-state index contributed by atoms with van der Waals surface area (Å²) in [6.07, 6.45) is 0.959. The first kappa shape index (κ1) is 10.4. The van der Waals surface area contributed by atoms with E-state index in [-0.39, 0.29) is 5.91 Å². The van der Waals surface area contributed by atoms with E-state index in [2.05, 4.69) is 10.2 Å². The van der Waals surface area contributed by atoms with Gasteiger partial charge in [-0.05, 0) is 39.3 Å². The average Bonchev–Trinajstić information content (AvgIpc) is 2.34. The summed E-state index contributed by atoms with van der Waals surface area (Å²) in [6, 6.07) is 0. The van der Waals surface area contributed by atoms with E-state index in [1.807, 2.05) is 14.1 Å². The Kier molecular flexibility index (Phi) is 3.62. The lowest BCUT2D eigenvalue weighted by molar-refractivity contribution is -0.124. The van der Waals surface area contributed by atoms with E-state index in [4.69, 9.17) is 12.2 Å². The van der Waals surface area contributed by atoms with Gasteiger partial charge in [0.15, 0.2) is 5.11 Å². The summed E-state index contributed by atoms with van der Waals surface area (Å²) in [5.74, 6) is 0.0868. The third kappa shape index (κ3) is 2.93. The molecule has 1 heterocycles. The van der Waals surface area contributed by atoms with Gasteiger partial charge in [-0.1, -0.05) is 0 Å². The van der Waals surface area contributed by atoms with E-state index in [1.54, 1.807) is 4.90 Å². The summed E-state index contributed by atoms with van der Waals surface area (Å²) >= 11 is 4.98. The van der Waals surface area contributed by atoms with Crippen molar-refractivity contribution in [1.82, 2.24) is 15.1 Å². The van der Waals surface area contributed by atoms with Crippen LogP contribution in [-0.4, -0.2) is 54.5 Å². The van der Waals surface area contributed by atoms with Crippen LogP contribution in [0.15, 0.2) is 0 Å². The van der Waals surface area contributed by atoms with Crippen LogP contribution in [0.4, 0.5) is 0 Å². The molecular weight excluding hydrogens is 186 g/mol. The average molecular weight is 201 g/mol. The summed E-state index contributed by atoms with van der Waals surface area (Å²) in [6.45, 7) is 2.07. The molecule has 1 N–H and O–H groups in total. The fourth-order valence-corrected chi connectivity index (χ4v) is 1.49. The molecule has 1 aliphatic heterocycles. The quantitative estimate of drug-likeness (QED) is 0.631. The first-order valence-electron chi connectivity index (χ1n) is 4.34. The van der Waals surface area contributed by atoms with E-state index >= 15 is 0 Å². The van der Waals surface area contributed by atoms with Crippen molar-refractivity contribution in [3.05, 3.63) is 0 Å². The summed E-state index contributed by atoms with van der Waals surface area (Å²) in [5, 5.41) is 3.42. The number of rotatable bonds is 4. The van der Waals surface area contributed by atoms with Crippen LogP contribution < -0.4 is 5.32 Å². The first-order valence-corrected chi connectivity index (χ1v) is 4.75. The number of thiocarbonyl (C=S) groups is 1. The minimum Gasteiger partial charge on any atom is -0.353 e. The molecule has 1 rings (SSSR count). The third-order valence-corrected chi connectivity index (χ3v) is 2.29. The third-order valence-electron chi connectivity index (χ3n) is 1.92. The number of carbonyl (C=O) groups is 1. The molecule has 0 saturated carbocycles. The lowest BCUT2D eigenvalue weighted by atomic mass is 10.4. The Hall–Kier alpha value is -0.680. The van der Waals surface area contributed by atoms with Crippen LogP contribution in [-0.2, 0) is 4.79 Å². The van der Waals surface area contributed by atoms with Crippen LogP contribution in [0.25, 0.3) is 0 Å². The van der Waals surface area contributed by atoms with Gasteiger partial charge >= 0.3 is 0 Å². The van der Waals surface area contributed by atoms with Crippen molar-refractivity contribution in [3.63, 3.8) is 0 Å². The van der Waals surface area contributed by atoms with Gasteiger partial charge in [-0.3, -0.25) is 9.69 Å². The topological polar surface area (TPSA) is 35.6 Å². The Morgan fingerprint density at radius 1 is 1.62 bits per heavy atom. The van der Waals surface area contributed by atoms with E-state index in [1.165, 1.54) is 0 Å². The Morgan fingerprint density at radius 2 is 2.31 bits per heavy atom. The molecule has 1 aliphatic rings. The number of carbonyl (C=O) groups excluding carboxylic acids is 1. The van der Waals surface area contributed by atoms with E-state index in [0.29, 0.717) is 11.7 Å². The molecule has 1 fully saturated rings. The fraction of sp³-hybridized carbons (Fsp3) is 0.750. The summed E-state index contributed by atoms with van der Waals surface area (Å²) in [4.78, 5) is 15.0. The minimum absolute atomic E-state index is 0.0868. The van der Waals surface area contributed by atoms with Gasteiger partial charge in [0.25, 0.3) is 0 Å². The Balaban J connectivity index is 2.27. The maximum atomic E-state index is 11.2. The van der Waals surface area contributed by atoms with Gasteiger partial charge < -0.3 is 10.2 Å². The number of nitrogens with zero attached hydrogens (tertiary/aromatic N) is 2. The van der Waals surface area contributed by atoms with Gasteiger partial charge in [-0.25, -0.2) is 0 Å². The molecule has 5 heteroatoms. The number of nitrogens with one attached hydrogen (secondary N) is 1. The SMILES string of the molecule is CN(C)CCCN1C(=O)CNC1=S. The zero-order valence-electron chi connectivity index (χ0n) is 8.04. The summed E-state index contributed by atoms with van der Waals surface area (Å²) < 4.78 is 0. The number of amides is 1. The second-order valence-corrected chi connectivity index (χ2v) is 3.75. The van der Waals surface area contributed by atoms with Crippen molar-refractivity contribution in [2.45, 2.75) is 6.42 Å². The van der Waals surface area contributed by atoms with Gasteiger partial charge in [0, 0.05) is 6.54 Å². The highest BCUT2D eigenvalue weighted by molar-refractivity contribution is 7.80. The largest absolute Gasteiger partial charge is 0.353 e. The number of hydrogen-bond acceptors (Lipinski definition) is 3. The molecule has 0 atom stereocenters. The standard InChI is InChI=1S/C8H15N3OS/c1-10(2)4-3-5-11-7(12)6-9-8(11)13/h3-6H2,1-2H3,(H,9,13). The molecule has 0 spiro atoms. The Labute approximate surface area is 83.9 Å². The summed E-state index contributed by atoms with van der Waals surface area (Å²) in [7, 11) is 4.03. The first-order chi connectivity index (χ1) is 6.11. The second kappa shape index (κ2) is 4.53. The fourth-order valence-electron chi connectivity index (χ4n) is 1.23. The predicted molar refractivity (Wildman–Crippen MR) is 55.5 cm³/mol. The van der Waals surface area contributed by atoms with Crippen molar-refractivity contribution in [2.24, 2.45) is 0 Å². The molecule has 1 saturated heterocycles. The van der Waals surface area contributed by atoms with Crippen LogP contribution in [0.5, 0.6) is 0 Å². The van der Waals surface area contributed by atoms with Crippen molar-refractivity contribution >= 4 is 23.2 Å². The van der Waals surface area contributed by atoms with Gasteiger partial charge in [-0.15, -0.1) is 0 Å². The molecule has 4 nitrogen and oxygen atoms in total. The monoisotopic (exact) mass is 201 g/mol. The normalized spacial score (nSPS) is 17.0. The van der Waals surface area contributed by atoms with Gasteiger partial charge in [0.2, 0.25) is 5.91 Å². The zero-order chi connectivity index (χ0) is 9.84. The Morgan fingerprint density at radius 3 is 2.77 bits per heavy atom. The van der Waals surface area contributed by atoms with Crippen LogP contribution in [0.1, 0.15) is 6.42 Å². The van der Waals surface area contributed by atoms with E-state index in [0.717, 1.165) is 19.5 Å². The summed E-state index contributed by atoms with van der Waals surface area (Å²) in [5.41, 5.74) is 0. The molecule has 0 aromatic carbocycles. The molecular formula is C8H15N3OS. The smallest absolute Gasteiger partial charge is 0.248 e. The predicted octanol–water partition coefficient (Wildman–Crippen LogP) is -0.345. The molecule has 0 radical (unpaired) electrons. The van der Waals surface area contributed by atoms with Gasteiger partial charge in [-0.2, -0.15) is 0 Å². The van der Waals surface area contributed by atoms with Crippen LogP contribution in [0, 0.1) is 0 Å². The lowest BCUT2D eigenvalue weighted by Gasteiger charge is -2.16. The van der Waals surface area contributed by atoms with Crippen molar-refractivity contribution in [3.8, 4) is 0 Å². The van der Waals surface area contributed by atoms with Gasteiger partial charge in [0.1, 0.15) is 0 Å². The molecule has 74 valence electrons. The lowest BCUT2D eigenvalue weighted by Crippen LogP contribution is -2.33. The molecule has 1 amide bonds. The molecule has 0 aromatic heterocycles. The zero-order valence-corrected chi connectivity index (χ0v) is 8.86. The molecule has 0 unspecified atom stereocenters. The molecule has 0 aromatic rings. The number of hydrogen-bond donors (Lipinski definition) is 1. The van der Waals surface area contributed by atoms with Crippen molar-refractivity contribution in [1.29, 1.82) is 0 Å². The maximum absolute atomic E-state index is 11.2. The molecule has 0 aliphatic carbocycles. The molecule has 0 bridgehead atoms. The highest BCUT2D eigenvalue weighted by Gasteiger charge is 2.24. The van der Waals surface area contributed by atoms with E-state index < -0.39 is 0 Å². The van der Waals surface area contributed by atoms with Crippen molar-refractivity contribution < 1.29 is 4.79 Å². The minimum atomic E-state index is 0.0868. The van der Waals surface area contributed by atoms with Crippen LogP contribution in [0.2, 0.25) is 0 Å². The maximum Gasteiger partial charge on any atom is 0.248 e. The second-order valence-electron chi connectivity index (χ2n) is 3.36. The Bertz CT molecular complexity index is 201. The van der Waals surface area contributed by atoms with Crippen LogP contribution >= 0.6 is 12.2 Å². The molecule has 13 heavy (non-hydrogen) atoms. The van der Waals surface area contributed by atoms with Gasteiger partial charge in [0.05, 0.1) is 6.54 Å². The highest BCUT2D eigenvalue weighted by atomic mass is 32.1. The van der Waals surface area contributed by atoms with Crippen molar-refractivity contribution in [2.75, 3.05) is 33.7 Å². The van der Waals surface area contributed by atoms with Crippen LogP contribution in [0.3, 0.4) is 0 Å². The van der Waals surface area contributed by atoms with E-state index in [9.17, 15) is 4.79 Å².